The number of benzene rings is 2. The molecule has 2 heterocycles. The van der Waals surface area contributed by atoms with Gasteiger partial charge in [-0.15, -0.1) is 0 Å². The van der Waals surface area contributed by atoms with Gasteiger partial charge in [-0.1, -0.05) is 74.5 Å². The van der Waals surface area contributed by atoms with Crippen molar-refractivity contribution in [1.82, 2.24) is 10.2 Å². The molecule has 5 atom stereocenters. The number of fused-ring (bicyclic) bond motifs is 1. The average Bonchev–Trinajstić information content (AvgIpc) is 3.45. The second-order valence-electron chi connectivity index (χ2n) is 10.1. The van der Waals surface area contributed by atoms with Gasteiger partial charge in [0.05, 0.1) is 31.3 Å². The Morgan fingerprint density at radius 3 is 2.43 bits per heavy atom. The van der Waals surface area contributed by atoms with E-state index >= 15 is 0 Å². The van der Waals surface area contributed by atoms with Crippen molar-refractivity contribution in [3.8, 4) is 0 Å². The van der Waals surface area contributed by atoms with Gasteiger partial charge in [-0.2, -0.15) is 0 Å². The number of carbonyl (C=O) groups excluding carboxylic acids is 1. The molecule has 2 N–H and O–H groups in total. The van der Waals surface area contributed by atoms with Crippen molar-refractivity contribution >= 4 is 6.09 Å². The van der Waals surface area contributed by atoms with Gasteiger partial charge in [0, 0.05) is 19.6 Å². The lowest BCUT2D eigenvalue weighted by atomic mass is 10.00. The smallest absolute Gasteiger partial charge is 0.407 e. The number of hydrogen-bond donors (Lipinski definition) is 2. The summed E-state index contributed by atoms with van der Waals surface area (Å²) in [7, 11) is 0. The lowest BCUT2D eigenvalue weighted by Crippen LogP contribution is -2.50. The molecule has 0 bridgehead atoms. The van der Waals surface area contributed by atoms with E-state index in [0.717, 1.165) is 25.1 Å². The van der Waals surface area contributed by atoms with E-state index in [2.05, 4.69) is 36.2 Å². The van der Waals surface area contributed by atoms with Gasteiger partial charge < -0.3 is 24.6 Å². The number of hydrogen-bond acceptors (Lipinski definition) is 6. The molecule has 0 aromatic heterocycles. The van der Waals surface area contributed by atoms with E-state index in [1.807, 2.05) is 48.5 Å². The number of ether oxygens (including phenoxy) is 3. The molecule has 0 radical (unpaired) electrons. The number of nitrogens with zero attached hydrogens (tertiary/aromatic N) is 1. The zero-order valence-electron chi connectivity index (χ0n) is 20.7. The van der Waals surface area contributed by atoms with Crippen LogP contribution in [0.25, 0.3) is 0 Å². The Morgan fingerprint density at radius 2 is 1.74 bits per heavy atom. The molecule has 0 unspecified atom stereocenters. The largest absolute Gasteiger partial charge is 0.443 e. The quantitative estimate of drug-likeness (QED) is 0.509. The molecular formula is C28H38N2O5. The van der Waals surface area contributed by atoms with Crippen LogP contribution in [0.5, 0.6) is 0 Å². The Labute approximate surface area is 208 Å². The summed E-state index contributed by atoms with van der Waals surface area (Å²) in [5.74, 6) is 0.519. The number of rotatable bonds is 11. The van der Waals surface area contributed by atoms with Crippen molar-refractivity contribution in [2.75, 3.05) is 26.3 Å². The predicted octanol–water partition coefficient (Wildman–Crippen LogP) is 3.60. The molecule has 2 aromatic carbocycles. The van der Waals surface area contributed by atoms with Crippen molar-refractivity contribution in [2.45, 2.75) is 57.8 Å². The van der Waals surface area contributed by atoms with Crippen LogP contribution in [-0.2, 0) is 27.2 Å². The maximum absolute atomic E-state index is 12.9. The first-order valence-electron chi connectivity index (χ1n) is 12.7. The normalized spacial score (nSPS) is 23.3. The molecule has 2 saturated heterocycles. The van der Waals surface area contributed by atoms with Crippen LogP contribution < -0.4 is 5.32 Å². The number of alkyl carbamates (subject to hydrolysis) is 1. The van der Waals surface area contributed by atoms with E-state index in [9.17, 15) is 9.90 Å². The van der Waals surface area contributed by atoms with Crippen LogP contribution in [0, 0.1) is 11.8 Å². The molecule has 2 aliphatic rings. The number of carbonyl (C=O) groups is 1. The summed E-state index contributed by atoms with van der Waals surface area (Å²) < 4.78 is 16.9. The van der Waals surface area contributed by atoms with E-state index in [1.54, 1.807) is 0 Å². The highest BCUT2D eigenvalue weighted by Crippen LogP contribution is 2.33. The van der Waals surface area contributed by atoms with Crippen LogP contribution in [0.2, 0.25) is 0 Å². The maximum Gasteiger partial charge on any atom is 0.407 e. The minimum atomic E-state index is -0.771. The molecule has 7 nitrogen and oxygen atoms in total. The van der Waals surface area contributed by atoms with E-state index in [-0.39, 0.29) is 18.3 Å². The van der Waals surface area contributed by atoms with E-state index in [1.165, 1.54) is 5.56 Å². The van der Waals surface area contributed by atoms with Crippen molar-refractivity contribution in [2.24, 2.45) is 11.8 Å². The topological polar surface area (TPSA) is 80.3 Å². The fourth-order valence-electron chi connectivity index (χ4n) is 4.98. The van der Waals surface area contributed by atoms with Crippen LogP contribution in [-0.4, -0.2) is 66.9 Å². The van der Waals surface area contributed by atoms with Gasteiger partial charge in [0.25, 0.3) is 0 Å². The van der Waals surface area contributed by atoms with Crippen molar-refractivity contribution in [3.63, 3.8) is 0 Å². The lowest BCUT2D eigenvalue weighted by molar-refractivity contribution is -0.0907. The molecule has 190 valence electrons. The summed E-state index contributed by atoms with van der Waals surface area (Å²) in [5.41, 5.74) is 2.24. The van der Waals surface area contributed by atoms with E-state index < -0.39 is 18.2 Å². The summed E-state index contributed by atoms with van der Waals surface area (Å²) >= 11 is 0. The van der Waals surface area contributed by atoms with Crippen molar-refractivity contribution in [3.05, 3.63) is 71.8 Å². The second-order valence-corrected chi connectivity index (χ2v) is 10.1. The molecule has 1 amide bonds. The predicted molar refractivity (Wildman–Crippen MR) is 134 cm³/mol. The van der Waals surface area contributed by atoms with Gasteiger partial charge in [-0.05, 0) is 29.9 Å². The molecule has 0 aliphatic carbocycles. The zero-order valence-corrected chi connectivity index (χ0v) is 20.7. The van der Waals surface area contributed by atoms with Gasteiger partial charge in [0.15, 0.2) is 6.29 Å². The van der Waals surface area contributed by atoms with Crippen molar-refractivity contribution < 1.29 is 24.1 Å². The molecule has 4 rings (SSSR count). The number of aliphatic hydroxyl groups excluding tert-OH is 1. The van der Waals surface area contributed by atoms with Crippen LogP contribution in [0.15, 0.2) is 60.7 Å². The lowest BCUT2D eigenvalue weighted by Gasteiger charge is -2.31. The summed E-state index contributed by atoms with van der Waals surface area (Å²) in [6, 6.07) is 19.7. The molecule has 7 heteroatoms. The van der Waals surface area contributed by atoms with Gasteiger partial charge in [-0.25, -0.2) is 4.79 Å². The Morgan fingerprint density at radius 1 is 1.06 bits per heavy atom. The average molecular weight is 483 g/mol. The first kappa shape index (κ1) is 25.6. The van der Waals surface area contributed by atoms with Crippen molar-refractivity contribution in [1.29, 1.82) is 0 Å². The minimum Gasteiger partial charge on any atom is -0.443 e. The molecular weight excluding hydrogens is 444 g/mol. The maximum atomic E-state index is 12.9. The highest BCUT2D eigenvalue weighted by atomic mass is 16.7. The third kappa shape index (κ3) is 7.51. The first-order chi connectivity index (χ1) is 17.0. The Balaban J connectivity index is 1.42. The van der Waals surface area contributed by atoms with Gasteiger partial charge >= 0.3 is 6.09 Å². The number of aliphatic hydroxyl groups is 1. The van der Waals surface area contributed by atoms with Crippen LogP contribution >= 0.6 is 0 Å². The third-order valence-corrected chi connectivity index (χ3v) is 6.63. The number of nitrogens with one attached hydrogen (secondary N) is 1. The fraction of sp³-hybridized carbons (Fsp3) is 0.536. The third-order valence-electron chi connectivity index (χ3n) is 6.63. The molecule has 2 fully saturated rings. The van der Waals surface area contributed by atoms with Gasteiger partial charge in [0.1, 0.15) is 6.10 Å². The summed E-state index contributed by atoms with van der Waals surface area (Å²) in [6.45, 7) is 7.33. The molecule has 2 aromatic rings. The molecule has 0 saturated carbocycles. The highest BCUT2D eigenvalue weighted by molar-refractivity contribution is 5.68. The van der Waals surface area contributed by atoms with Gasteiger partial charge in [0.2, 0.25) is 0 Å². The zero-order chi connectivity index (χ0) is 24.6. The van der Waals surface area contributed by atoms with Gasteiger partial charge in [-0.3, -0.25) is 4.90 Å². The standard InChI is InChI=1S/C28H38N2O5/c1-20(2)16-30(17-22-11-7-4-8-12-22)18-25(31)24(15-21-9-5-3-6-10-21)29-28(32)35-26-19-34-27-23(26)13-14-33-27/h3-12,20,23-27,31H,13-19H2,1-2H3,(H,29,32)/t23-,24-,25-,26-,27+/m0/s1. The first-order valence-corrected chi connectivity index (χ1v) is 12.7. The molecule has 35 heavy (non-hydrogen) atoms. The fourth-order valence-corrected chi connectivity index (χ4v) is 4.98. The second kappa shape index (κ2) is 12.5. The Bertz CT molecular complexity index is 910. The number of amides is 1. The molecule has 0 spiro atoms. The Hall–Kier alpha value is -2.45. The van der Waals surface area contributed by atoms with Crippen LogP contribution in [0.3, 0.4) is 0 Å². The summed E-state index contributed by atoms with van der Waals surface area (Å²) in [4.78, 5) is 15.1. The summed E-state index contributed by atoms with van der Waals surface area (Å²) in [6.07, 6.45) is -0.567. The van der Waals surface area contributed by atoms with Crippen LogP contribution in [0.1, 0.15) is 31.4 Å². The molecule has 2 aliphatic heterocycles. The monoisotopic (exact) mass is 482 g/mol. The summed E-state index contributed by atoms with van der Waals surface area (Å²) in [5, 5.41) is 14.3. The SMILES string of the molecule is CC(C)CN(Cc1ccccc1)C[C@H](O)[C@H](Cc1ccccc1)NC(=O)O[C@H]1CO[C@H]2OCC[C@H]21. The van der Waals surface area contributed by atoms with Crippen LogP contribution in [0.4, 0.5) is 4.79 Å². The Kier molecular flexibility index (Phi) is 9.15. The minimum absolute atomic E-state index is 0.0747. The van der Waals surface area contributed by atoms with E-state index in [4.69, 9.17) is 14.2 Å². The van der Waals surface area contributed by atoms with E-state index in [0.29, 0.717) is 32.1 Å². The highest BCUT2D eigenvalue weighted by Gasteiger charge is 2.44.